The number of para-hydroxylation sites is 1. The molecule has 0 fully saturated rings. The predicted molar refractivity (Wildman–Crippen MR) is 78.7 cm³/mol. The van der Waals surface area contributed by atoms with E-state index in [1.165, 1.54) is 6.07 Å². The third kappa shape index (κ3) is 3.16. The van der Waals surface area contributed by atoms with Crippen molar-refractivity contribution < 1.29 is 19.4 Å². The third-order valence-electron chi connectivity index (χ3n) is 3.64. The number of rotatable bonds is 4. The van der Waals surface area contributed by atoms with Crippen LogP contribution >= 0.6 is 0 Å². The SMILES string of the molecule is CC(C)C(N)CC(=O)N1CCOc2c(C(=O)O)cccc21. The zero-order valence-corrected chi connectivity index (χ0v) is 12.2. The van der Waals surface area contributed by atoms with E-state index in [1.54, 1.807) is 17.0 Å². The number of nitrogens with two attached hydrogens (primary N) is 1. The fraction of sp³-hybridized carbons (Fsp3) is 0.467. The number of hydrogen-bond donors (Lipinski definition) is 2. The summed E-state index contributed by atoms with van der Waals surface area (Å²) in [6, 6.07) is 4.56. The molecule has 1 aliphatic heterocycles. The largest absolute Gasteiger partial charge is 0.489 e. The van der Waals surface area contributed by atoms with E-state index >= 15 is 0 Å². The van der Waals surface area contributed by atoms with Gasteiger partial charge in [0.15, 0.2) is 5.75 Å². The molecule has 1 amide bonds. The summed E-state index contributed by atoms with van der Waals surface area (Å²) < 4.78 is 5.44. The molecule has 6 heteroatoms. The minimum Gasteiger partial charge on any atom is -0.489 e. The van der Waals surface area contributed by atoms with Gasteiger partial charge in [0.25, 0.3) is 0 Å². The number of aromatic carboxylic acids is 1. The molecule has 0 saturated heterocycles. The van der Waals surface area contributed by atoms with Gasteiger partial charge in [-0.25, -0.2) is 4.79 Å². The molecule has 1 aromatic carbocycles. The van der Waals surface area contributed by atoms with Gasteiger partial charge in [0, 0.05) is 12.5 Å². The highest BCUT2D eigenvalue weighted by Crippen LogP contribution is 2.35. The summed E-state index contributed by atoms with van der Waals surface area (Å²) in [4.78, 5) is 25.2. The second kappa shape index (κ2) is 6.13. The number of carboxylic acid groups (broad SMARTS) is 1. The molecule has 1 heterocycles. The number of carboxylic acids is 1. The Bertz CT molecular complexity index is 557. The van der Waals surface area contributed by atoms with Crippen molar-refractivity contribution in [3.05, 3.63) is 23.8 Å². The predicted octanol–water partition coefficient (Wildman–Crippen LogP) is 1.48. The van der Waals surface area contributed by atoms with Crippen molar-refractivity contribution in [1.29, 1.82) is 0 Å². The quantitative estimate of drug-likeness (QED) is 0.877. The van der Waals surface area contributed by atoms with Crippen LogP contribution in [0.2, 0.25) is 0 Å². The summed E-state index contributed by atoms with van der Waals surface area (Å²) in [6.45, 7) is 4.61. The minimum absolute atomic E-state index is 0.0677. The highest BCUT2D eigenvalue weighted by Gasteiger charge is 2.28. The normalized spacial score (nSPS) is 15.3. The molecular weight excluding hydrogens is 272 g/mol. The number of anilines is 1. The van der Waals surface area contributed by atoms with Gasteiger partial charge in [-0.3, -0.25) is 4.79 Å². The van der Waals surface area contributed by atoms with Crippen LogP contribution in [0.1, 0.15) is 30.6 Å². The topological polar surface area (TPSA) is 92.9 Å². The van der Waals surface area contributed by atoms with E-state index in [-0.39, 0.29) is 42.2 Å². The lowest BCUT2D eigenvalue weighted by Gasteiger charge is -2.31. The Balaban J connectivity index is 2.28. The van der Waals surface area contributed by atoms with Gasteiger partial charge < -0.3 is 20.5 Å². The number of hydrogen-bond acceptors (Lipinski definition) is 4. The van der Waals surface area contributed by atoms with Crippen LogP contribution in [0, 0.1) is 5.92 Å². The molecule has 2 rings (SSSR count). The highest BCUT2D eigenvalue weighted by atomic mass is 16.5. The summed E-state index contributed by atoms with van der Waals surface area (Å²) in [6.07, 6.45) is 0.231. The van der Waals surface area contributed by atoms with Crippen molar-refractivity contribution in [2.45, 2.75) is 26.3 Å². The second-order valence-electron chi connectivity index (χ2n) is 5.46. The number of ether oxygens (including phenoxy) is 1. The first-order valence-electron chi connectivity index (χ1n) is 6.97. The van der Waals surface area contributed by atoms with Crippen LogP contribution in [0.3, 0.4) is 0 Å². The fourth-order valence-corrected chi connectivity index (χ4v) is 2.22. The summed E-state index contributed by atoms with van der Waals surface area (Å²) in [5.74, 6) is -0.717. The van der Waals surface area contributed by atoms with E-state index in [1.807, 2.05) is 13.8 Å². The first-order valence-corrected chi connectivity index (χ1v) is 6.97. The summed E-state index contributed by atoms with van der Waals surface area (Å²) in [7, 11) is 0. The number of nitrogens with zero attached hydrogens (tertiary/aromatic N) is 1. The number of fused-ring (bicyclic) bond motifs is 1. The number of carbonyl (C=O) groups is 2. The van der Waals surface area contributed by atoms with Crippen molar-refractivity contribution in [1.82, 2.24) is 0 Å². The molecule has 1 atom stereocenters. The highest BCUT2D eigenvalue weighted by molar-refractivity contribution is 6.00. The lowest BCUT2D eigenvalue weighted by molar-refractivity contribution is -0.119. The van der Waals surface area contributed by atoms with Crippen LogP contribution in [0.25, 0.3) is 0 Å². The molecule has 0 saturated carbocycles. The smallest absolute Gasteiger partial charge is 0.339 e. The third-order valence-corrected chi connectivity index (χ3v) is 3.64. The maximum atomic E-state index is 12.4. The van der Waals surface area contributed by atoms with E-state index in [0.29, 0.717) is 12.2 Å². The summed E-state index contributed by atoms with van der Waals surface area (Å²) in [5, 5.41) is 9.18. The summed E-state index contributed by atoms with van der Waals surface area (Å²) >= 11 is 0. The Morgan fingerprint density at radius 3 is 2.76 bits per heavy atom. The molecule has 0 bridgehead atoms. The lowest BCUT2D eigenvalue weighted by Crippen LogP contribution is -2.42. The molecule has 1 unspecified atom stereocenters. The summed E-state index contributed by atoms with van der Waals surface area (Å²) in [5.41, 5.74) is 6.52. The van der Waals surface area contributed by atoms with Gasteiger partial charge in [0.1, 0.15) is 12.2 Å². The zero-order valence-electron chi connectivity index (χ0n) is 12.2. The van der Waals surface area contributed by atoms with Crippen LogP contribution in [0.15, 0.2) is 18.2 Å². The molecular formula is C15H20N2O4. The van der Waals surface area contributed by atoms with Gasteiger partial charge in [0.05, 0.1) is 12.2 Å². The van der Waals surface area contributed by atoms with Crippen LogP contribution in [-0.2, 0) is 4.79 Å². The molecule has 6 nitrogen and oxygen atoms in total. The van der Waals surface area contributed by atoms with E-state index < -0.39 is 5.97 Å². The molecule has 0 aromatic heterocycles. The first kappa shape index (κ1) is 15.3. The Hall–Kier alpha value is -2.08. The molecule has 21 heavy (non-hydrogen) atoms. The maximum Gasteiger partial charge on any atom is 0.339 e. The van der Waals surface area contributed by atoms with Crippen molar-refractivity contribution in [3.8, 4) is 5.75 Å². The number of benzene rings is 1. The molecule has 0 aliphatic carbocycles. The van der Waals surface area contributed by atoms with E-state index in [4.69, 9.17) is 10.5 Å². The second-order valence-corrected chi connectivity index (χ2v) is 5.46. The van der Waals surface area contributed by atoms with Crippen molar-refractivity contribution in [2.75, 3.05) is 18.1 Å². The maximum absolute atomic E-state index is 12.4. The van der Waals surface area contributed by atoms with Crippen LogP contribution in [-0.4, -0.2) is 36.2 Å². The zero-order chi connectivity index (χ0) is 15.6. The number of carbonyl (C=O) groups excluding carboxylic acids is 1. The Morgan fingerprint density at radius 1 is 1.43 bits per heavy atom. The van der Waals surface area contributed by atoms with Crippen LogP contribution in [0.4, 0.5) is 5.69 Å². The number of amides is 1. The monoisotopic (exact) mass is 292 g/mol. The molecule has 1 aliphatic rings. The van der Waals surface area contributed by atoms with Gasteiger partial charge in [0.2, 0.25) is 5.91 Å². The average molecular weight is 292 g/mol. The molecule has 114 valence electrons. The van der Waals surface area contributed by atoms with E-state index in [0.717, 1.165) is 0 Å². The first-order chi connectivity index (χ1) is 9.91. The Kier molecular flexibility index (Phi) is 4.47. The van der Waals surface area contributed by atoms with Crippen LogP contribution < -0.4 is 15.4 Å². The van der Waals surface area contributed by atoms with Crippen molar-refractivity contribution in [3.63, 3.8) is 0 Å². The molecule has 1 aromatic rings. The average Bonchev–Trinajstić information content (AvgIpc) is 2.45. The van der Waals surface area contributed by atoms with Gasteiger partial charge >= 0.3 is 5.97 Å². The van der Waals surface area contributed by atoms with E-state index in [2.05, 4.69) is 0 Å². The van der Waals surface area contributed by atoms with Gasteiger partial charge in [-0.1, -0.05) is 19.9 Å². The molecule has 3 N–H and O–H groups in total. The van der Waals surface area contributed by atoms with Gasteiger partial charge in [-0.15, -0.1) is 0 Å². The lowest BCUT2D eigenvalue weighted by atomic mass is 10.0. The standard InChI is InChI=1S/C15H20N2O4/c1-9(2)11(16)8-13(18)17-6-7-21-14-10(15(19)20)4-3-5-12(14)17/h3-5,9,11H,6-8,16H2,1-2H3,(H,19,20). The molecule has 0 spiro atoms. The van der Waals surface area contributed by atoms with Crippen molar-refractivity contribution in [2.24, 2.45) is 11.7 Å². The minimum atomic E-state index is -1.07. The van der Waals surface area contributed by atoms with Gasteiger partial charge in [-0.05, 0) is 18.1 Å². The Labute approximate surface area is 123 Å². The van der Waals surface area contributed by atoms with Crippen molar-refractivity contribution >= 4 is 17.6 Å². The fourth-order valence-electron chi connectivity index (χ4n) is 2.22. The van der Waals surface area contributed by atoms with Gasteiger partial charge in [-0.2, -0.15) is 0 Å². The van der Waals surface area contributed by atoms with E-state index in [9.17, 15) is 14.7 Å². The van der Waals surface area contributed by atoms with Crippen LogP contribution in [0.5, 0.6) is 5.75 Å². The molecule has 0 radical (unpaired) electrons. The Morgan fingerprint density at radius 2 is 2.14 bits per heavy atom.